The van der Waals surface area contributed by atoms with E-state index in [4.69, 9.17) is 5.73 Å². The monoisotopic (exact) mass is 356 g/mol. The minimum absolute atomic E-state index is 0.135. The Labute approximate surface area is 142 Å². The van der Waals surface area contributed by atoms with Gasteiger partial charge in [-0.2, -0.15) is 0 Å². The van der Waals surface area contributed by atoms with Crippen molar-refractivity contribution in [2.75, 3.05) is 7.11 Å². The number of ether oxygens (including phenoxy) is 1. The molecule has 2 saturated heterocycles. The molecule has 3 rings (SSSR count). The van der Waals surface area contributed by atoms with Crippen LogP contribution in [-0.4, -0.2) is 42.0 Å². The summed E-state index contributed by atoms with van der Waals surface area (Å²) in [5.41, 5.74) is 5.44. The lowest BCUT2D eigenvalue weighted by Gasteiger charge is -2.40. The third-order valence-corrected chi connectivity index (χ3v) is 5.23. The SMILES string of the molecule is COC(=O)[C@@H](N)C1CC2CCC(C1)N2C(=O)c1cc(F)c(F)cc1F. The minimum atomic E-state index is -1.33. The van der Waals surface area contributed by atoms with Gasteiger partial charge in [0.15, 0.2) is 11.6 Å². The number of amides is 1. The van der Waals surface area contributed by atoms with E-state index in [1.807, 2.05) is 0 Å². The number of nitrogens with zero attached hydrogens (tertiary/aromatic N) is 1. The first-order valence-corrected chi connectivity index (χ1v) is 8.14. The summed E-state index contributed by atoms with van der Waals surface area (Å²) in [5, 5.41) is 0. The Morgan fingerprint density at radius 2 is 1.68 bits per heavy atom. The molecule has 2 aliphatic heterocycles. The Morgan fingerprint density at radius 1 is 1.12 bits per heavy atom. The van der Waals surface area contributed by atoms with Crippen LogP contribution in [0.1, 0.15) is 36.0 Å². The number of carbonyl (C=O) groups is 2. The molecule has 0 spiro atoms. The van der Waals surface area contributed by atoms with Crippen molar-refractivity contribution in [3.63, 3.8) is 0 Å². The minimum Gasteiger partial charge on any atom is -0.468 e. The summed E-state index contributed by atoms with van der Waals surface area (Å²) in [6, 6.07) is -0.215. The summed E-state index contributed by atoms with van der Waals surface area (Å²) in [6.45, 7) is 0. The molecule has 136 valence electrons. The van der Waals surface area contributed by atoms with Gasteiger partial charge in [-0.15, -0.1) is 0 Å². The number of methoxy groups -OCH3 is 1. The lowest BCUT2D eigenvalue weighted by molar-refractivity contribution is -0.144. The summed E-state index contributed by atoms with van der Waals surface area (Å²) >= 11 is 0. The molecule has 1 aromatic carbocycles. The van der Waals surface area contributed by atoms with Gasteiger partial charge in [0.1, 0.15) is 11.9 Å². The number of esters is 1. The maximum absolute atomic E-state index is 13.9. The largest absolute Gasteiger partial charge is 0.468 e. The number of rotatable bonds is 3. The molecule has 2 aliphatic rings. The quantitative estimate of drug-likeness (QED) is 0.664. The van der Waals surface area contributed by atoms with E-state index >= 15 is 0 Å². The molecular weight excluding hydrogens is 337 g/mol. The fraction of sp³-hybridized carbons (Fsp3) is 0.529. The highest BCUT2D eigenvalue weighted by Crippen LogP contribution is 2.40. The number of fused-ring (bicyclic) bond motifs is 2. The molecule has 5 nitrogen and oxygen atoms in total. The van der Waals surface area contributed by atoms with Gasteiger partial charge in [-0.05, 0) is 37.7 Å². The second-order valence-electron chi connectivity index (χ2n) is 6.62. The zero-order chi connectivity index (χ0) is 18.3. The fourth-order valence-electron chi connectivity index (χ4n) is 4.00. The van der Waals surface area contributed by atoms with E-state index in [9.17, 15) is 22.8 Å². The molecule has 2 fully saturated rings. The van der Waals surface area contributed by atoms with Gasteiger partial charge >= 0.3 is 5.97 Å². The van der Waals surface area contributed by atoms with Gasteiger partial charge in [-0.25, -0.2) is 13.2 Å². The van der Waals surface area contributed by atoms with E-state index in [1.165, 1.54) is 12.0 Å². The van der Waals surface area contributed by atoms with Crippen LogP contribution < -0.4 is 5.73 Å². The Bertz CT molecular complexity index is 699. The average molecular weight is 356 g/mol. The van der Waals surface area contributed by atoms with Crippen molar-refractivity contribution >= 4 is 11.9 Å². The lowest BCUT2D eigenvalue weighted by Crippen LogP contribution is -2.52. The molecule has 2 bridgehead atoms. The number of carbonyl (C=O) groups excluding carboxylic acids is 2. The van der Waals surface area contributed by atoms with E-state index < -0.39 is 40.9 Å². The van der Waals surface area contributed by atoms with Crippen molar-refractivity contribution in [3.05, 3.63) is 35.1 Å². The van der Waals surface area contributed by atoms with Crippen molar-refractivity contribution in [2.45, 2.75) is 43.8 Å². The molecule has 3 atom stereocenters. The topological polar surface area (TPSA) is 72.6 Å². The predicted octanol–water partition coefficient (Wildman–Crippen LogP) is 1.99. The highest BCUT2D eigenvalue weighted by atomic mass is 19.2. The van der Waals surface area contributed by atoms with Crippen LogP contribution in [0.3, 0.4) is 0 Å². The number of nitrogens with two attached hydrogens (primary N) is 1. The summed E-state index contributed by atoms with van der Waals surface area (Å²) in [7, 11) is 1.27. The molecule has 8 heteroatoms. The predicted molar refractivity (Wildman–Crippen MR) is 82.0 cm³/mol. The van der Waals surface area contributed by atoms with Gasteiger partial charge in [0.05, 0.1) is 12.7 Å². The van der Waals surface area contributed by atoms with E-state index in [0.717, 1.165) is 0 Å². The maximum Gasteiger partial charge on any atom is 0.322 e. The van der Waals surface area contributed by atoms with E-state index in [-0.39, 0.29) is 18.0 Å². The highest BCUT2D eigenvalue weighted by molar-refractivity contribution is 5.95. The molecule has 25 heavy (non-hydrogen) atoms. The first kappa shape index (κ1) is 17.7. The molecule has 0 saturated carbocycles. The van der Waals surface area contributed by atoms with Crippen LogP contribution in [0.4, 0.5) is 13.2 Å². The molecule has 1 aromatic rings. The van der Waals surface area contributed by atoms with Crippen molar-refractivity contribution in [1.29, 1.82) is 0 Å². The Hall–Kier alpha value is -2.09. The van der Waals surface area contributed by atoms with Crippen LogP contribution in [0.25, 0.3) is 0 Å². The molecular formula is C17H19F3N2O3. The summed E-state index contributed by atoms with van der Waals surface area (Å²) in [5.74, 6) is -4.98. The van der Waals surface area contributed by atoms with E-state index in [1.54, 1.807) is 0 Å². The lowest BCUT2D eigenvalue weighted by atomic mass is 9.85. The first-order valence-electron chi connectivity index (χ1n) is 8.14. The molecule has 1 amide bonds. The second-order valence-corrected chi connectivity index (χ2v) is 6.62. The Kier molecular flexibility index (Phi) is 4.73. The normalized spacial score (nSPS) is 26.4. The van der Waals surface area contributed by atoms with Crippen LogP contribution in [0.5, 0.6) is 0 Å². The van der Waals surface area contributed by atoms with Gasteiger partial charge in [-0.3, -0.25) is 9.59 Å². The summed E-state index contributed by atoms with van der Waals surface area (Å²) in [6.07, 6.45) is 2.38. The van der Waals surface area contributed by atoms with Crippen LogP contribution >= 0.6 is 0 Å². The zero-order valence-corrected chi connectivity index (χ0v) is 13.7. The number of halogens is 3. The molecule has 0 aliphatic carbocycles. The second kappa shape index (κ2) is 6.67. The molecule has 2 N–H and O–H groups in total. The maximum atomic E-state index is 13.9. The molecule has 2 heterocycles. The smallest absolute Gasteiger partial charge is 0.322 e. The number of benzene rings is 1. The Morgan fingerprint density at radius 3 is 2.24 bits per heavy atom. The summed E-state index contributed by atoms with van der Waals surface area (Å²) < 4.78 is 45.1. The van der Waals surface area contributed by atoms with Crippen molar-refractivity contribution in [2.24, 2.45) is 11.7 Å². The molecule has 0 radical (unpaired) electrons. The van der Waals surface area contributed by atoms with Crippen molar-refractivity contribution in [1.82, 2.24) is 4.90 Å². The van der Waals surface area contributed by atoms with Gasteiger partial charge in [0.25, 0.3) is 5.91 Å². The highest BCUT2D eigenvalue weighted by Gasteiger charge is 2.46. The number of hydrogen-bond acceptors (Lipinski definition) is 4. The van der Waals surface area contributed by atoms with Crippen molar-refractivity contribution < 1.29 is 27.5 Å². The number of hydrogen-bond donors (Lipinski definition) is 1. The van der Waals surface area contributed by atoms with Gasteiger partial charge in [0, 0.05) is 18.2 Å². The van der Waals surface area contributed by atoms with Crippen LogP contribution in [0.15, 0.2) is 12.1 Å². The van der Waals surface area contributed by atoms with Gasteiger partial charge in [0.2, 0.25) is 0 Å². The first-order chi connectivity index (χ1) is 11.8. The van der Waals surface area contributed by atoms with Gasteiger partial charge < -0.3 is 15.4 Å². The summed E-state index contributed by atoms with van der Waals surface area (Å²) in [4.78, 5) is 25.9. The fourth-order valence-corrected chi connectivity index (χ4v) is 4.00. The van der Waals surface area contributed by atoms with Crippen LogP contribution in [0, 0.1) is 23.4 Å². The third-order valence-electron chi connectivity index (χ3n) is 5.23. The van der Waals surface area contributed by atoms with Crippen LogP contribution in [0.2, 0.25) is 0 Å². The molecule has 0 aromatic heterocycles. The number of piperidine rings is 1. The standard InChI is InChI=1S/C17H19F3N2O3/c1-25-17(24)15(21)8-4-9-2-3-10(5-8)22(9)16(23)11-6-13(19)14(20)7-12(11)18/h6-10,15H,2-5,21H2,1H3/t8?,9?,10?,15-/m0/s1. The third kappa shape index (κ3) is 3.10. The average Bonchev–Trinajstić information content (AvgIpc) is 2.85. The zero-order valence-electron chi connectivity index (χ0n) is 13.7. The van der Waals surface area contributed by atoms with E-state index in [0.29, 0.717) is 37.8 Å². The Balaban J connectivity index is 1.81. The van der Waals surface area contributed by atoms with Gasteiger partial charge in [-0.1, -0.05) is 0 Å². The van der Waals surface area contributed by atoms with Crippen LogP contribution in [-0.2, 0) is 9.53 Å². The van der Waals surface area contributed by atoms with E-state index in [2.05, 4.69) is 4.74 Å². The molecule has 2 unspecified atom stereocenters. The van der Waals surface area contributed by atoms with Crippen molar-refractivity contribution in [3.8, 4) is 0 Å².